The number of aldehydes is 1. The number of benzene rings is 2. The van der Waals surface area contributed by atoms with Gasteiger partial charge in [0.25, 0.3) is 0 Å². The zero-order valence-electron chi connectivity index (χ0n) is 13.8. The first-order valence-corrected chi connectivity index (χ1v) is 9.16. The van der Waals surface area contributed by atoms with E-state index < -0.39 is 0 Å². The smallest absolute Gasteiger partial charge is 0.123 e. The van der Waals surface area contributed by atoms with E-state index >= 15 is 0 Å². The normalized spacial score (nSPS) is 15.0. The summed E-state index contributed by atoms with van der Waals surface area (Å²) in [5.74, 6) is -0.240. The number of hydrogen-bond acceptors (Lipinski definition) is 2. The van der Waals surface area contributed by atoms with Crippen molar-refractivity contribution in [2.75, 3.05) is 6.26 Å². The van der Waals surface area contributed by atoms with Crippen LogP contribution in [-0.4, -0.2) is 12.5 Å². The zero-order chi connectivity index (χ0) is 17.1. The van der Waals surface area contributed by atoms with Crippen LogP contribution in [0.3, 0.4) is 0 Å². The van der Waals surface area contributed by atoms with Crippen LogP contribution in [0.5, 0.6) is 0 Å². The molecule has 0 fully saturated rings. The minimum absolute atomic E-state index is 0.240. The van der Waals surface area contributed by atoms with Gasteiger partial charge in [-0.15, -0.1) is 11.8 Å². The lowest BCUT2D eigenvalue weighted by Gasteiger charge is -2.05. The van der Waals surface area contributed by atoms with E-state index in [9.17, 15) is 9.18 Å². The minimum atomic E-state index is -0.240. The summed E-state index contributed by atoms with van der Waals surface area (Å²) >= 11 is 1.72. The van der Waals surface area contributed by atoms with Crippen LogP contribution >= 0.6 is 11.8 Å². The van der Waals surface area contributed by atoms with Gasteiger partial charge in [-0.1, -0.05) is 18.2 Å². The van der Waals surface area contributed by atoms with Gasteiger partial charge >= 0.3 is 0 Å². The fourth-order valence-corrected chi connectivity index (χ4v) is 3.55. The monoisotopic (exact) mass is 338 g/mol. The molecule has 3 heteroatoms. The number of fused-ring (bicyclic) bond motifs is 1. The molecule has 2 aromatic rings. The molecule has 0 amide bonds. The lowest BCUT2D eigenvalue weighted by Crippen LogP contribution is -1.88. The summed E-state index contributed by atoms with van der Waals surface area (Å²) in [6.45, 7) is 2.06. The van der Waals surface area contributed by atoms with Crippen molar-refractivity contribution in [2.24, 2.45) is 0 Å². The maximum Gasteiger partial charge on any atom is 0.123 e. The molecule has 24 heavy (non-hydrogen) atoms. The second-order valence-corrected chi connectivity index (χ2v) is 6.71. The molecule has 0 N–H and O–H groups in total. The van der Waals surface area contributed by atoms with E-state index in [4.69, 9.17) is 0 Å². The van der Waals surface area contributed by atoms with E-state index in [2.05, 4.69) is 43.5 Å². The Morgan fingerprint density at radius 3 is 2.50 bits per heavy atom. The summed E-state index contributed by atoms with van der Waals surface area (Å²) in [5, 5.41) is 0. The summed E-state index contributed by atoms with van der Waals surface area (Å²) in [7, 11) is 0. The van der Waals surface area contributed by atoms with Crippen molar-refractivity contribution < 1.29 is 9.18 Å². The molecule has 0 saturated heterocycles. The molecule has 0 radical (unpaired) electrons. The maximum absolute atomic E-state index is 13.7. The number of allylic oxidation sites excluding steroid dienone is 3. The number of thioether (sulfide) groups is 1. The number of carbonyl (C=O) groups excluding carboxylic acids is 1. The molecule has 0 spiro atoms. The fraction of sp³-hybridized carbons (Fsp3) is 0.190. The highest BCUT2D eigenvalue weighted by molar-refractivity contribution is 7.98. The Hall–Kier alpha value is -2.13. The third-order valence-electron chi connectivity index (χ3n) is 4.39. The predicted octanol–water partition coefficient (Wildman–Crippen LogP) is 5.85. The van der Waals surface area contributed by atoms with E-state index in [1.165, 1.54) is 11.0 Å². The quantitative estimate of drug-likeness (QED) is 0.502. The second kappa shape index (κ2) is 7.18. The lowest BCUT2D eigenvalue weighted by molar-refractivity contribution is -0.107. The number of rotatable bonds is 5. The molecule has 2 aromatic carbocycles. The van der Waals surface area contributed by atoms with Crippen LogP contribution in [0.15, 0.2) is 52.9 Å². The molecule has 1 aliphatic carbocycles. The van der Waals surface area contributed by atoms with Gasteiger partial charge in [0.05, 0.1) is 0 Å². The zero-order valence-corrected chi connectivity index (χ0v) is 14.6. The molecule has 1 aliphatic rings. The molecule has 0 unspecified atom stereocenters. The highest BCUT2D eigenvalue weighted by Gasteiger charge is 2.23. The van der Waals surface area contributed by atoms with Crippen LogP contribution in [-0.2, 0) is 4.79 Å². The number of hydrogen-bond donors (Lipinski definition) is 0. The van der Waals surface area contributed by atoms with Gasteiger partial charge in [-0.3, -0.25) is 0 Å². The molecule has 0 heterocycles. The average molecular weight is 338 g/mol. The van der Waals surface area contributed by atoms with E-state index in [0.717, 1.165) is 39.7 Å². The van der Waals surface area contributed by atoms with Crippen molar-refractivity contribution in [3.05, 3.63) is 70.5 Å². The van der Waals surface area contributed by atoms with Crippen molar-refractivity contribution in [1.29, 1.82) is 0 Å². The Balaban J connectivity index is 2.07. The van der Waals surface area contributed by atoms with Gasteiger partial charge < -0.3 is 4.79 Å². The summed E-state index contributed by atoms with van der Waals surface area (Å²) in [5.41, 5.74) is 6.40. The maximum atomic E-state index is 13.7. The molecule has 0 aliphatic heterocycles. The molecule has 122 valence electrons. The molecule has 0 saturated carbocycles. The van der Waals surface area contributed by atoms with Crippen molar-refractivity contribution in [3.63, 3.8) is 0 Å². The number of halogens is 1. The summed E-state index contributed by atoms with van der Waals surface area (Å²) < 4.78 is 13.7. The van der Waals surface area contributed by atoms with Crippen LogP contribution in [0.4, 0.5) is 4.39 Å². The van der Waals surface area contributed by atoms with Gasteiger partial charge in [0.15, 0.2) is 0 Å². The van der Waals surface area contributed by atoms with Crippen LogP contribution in [0, 0.1) is 5.82 Å². The van der Waals surface area contributed by atoms with Crippen LogP contribution in [0.1, 0.15) is 36.5 Å². The van der Waals surface area contributed by atoms with Gasteiger partial charge in [0.2, 0.25) is 0 Å². The Morgan fingerprint density at radius 1 is 1.08 bits per heavy atom. The van der Waals surface area contributed by atoms with Gasteiger partial charge in [-0.25, -0.2) is 4.39 Å². The van der Waals surface area contributed by atoms with E-state index in [1.807, 2.05) is 6.07 Å². The topological polar surface area (TPSA) is 17.1 Å². The summed E-state index contributed by atoms with van der Waals surface area (Å²) in [6, 6.07) is 13.3. The fourth-order valence-electron chi connectivity index (χ4n) is 3.15. The SMILES string of the molecule is CSc1ccc(/C=C2\C(C)=C(CCC=O)c3cc(F)ccc32)cc1. The average Bonchev–Trinajstić information content (AvgIpc) is 2.85. The Kier molecular flexibility index (Phi) is 5.00. The molecule has 3 rings (SSSR count). The Morgan fingerprint density at radius 2 is 1.83 bits per heavy atom. The van der Waals surface area contributed by atoms with E-state index in [-0.39, 0.29) is 5.82 Å². The summed E-state index contributed by atoms with van der Waals surface area (Å²) in [6.07, 6.45) is 6.22. The van der Waals surface area contributed by atoms with Gasteiger partial charge in [0, 0.05) is 11.3 Å². The summed E-state index contributed by atoms with van der Waals surface area (Å²) in [4.78, 5) is 12.0. The molecule has 0 bridgehead atoms. The van der Waals surface area contributed by atoms with E-state index in [0.29, 0.717) is 12.8 Å². The molecule has 0 aromatic heterocycles. The van der Waals surface area contributed by atoms with Crippen LogP contribution < -0.4 is 0 Å². The highest BCUT2D eigenvalue weighted by Crippen LogP contribution is 2.44. The second-order valence-electron chi connectivity index (χ2n) is 5.83. The van der Waals surface area contributed by atoms with Crippen LogP contribution in [0.2, 0.25) is 0 Å². The molecule has 1 nitrogen and oxygen atoms in total. The molecule has 0 atom stereocenters. The first-order chi connectivity index (χ1) is 11.6. The lowest BCUT2D eigenvalue weighted by atomic mass is 10.0. The molecular formula is C21H19FOS. The predicted molar refractivity (Wildman–Crippen MR) is 100 cm³/mol. The number of carbonyl (C=O) groups is 1. The van der Waals surface area contributed by atoms with E-state index in [1.54, 1.807) is 17.8 Å². The Bertz CT molecular complexity index is 831. The largest absolute Gasteiger partial charge is 0.303 e. The van der Waals surface area contributed by atoms with Crippen LogP contribution in [0.25, 0.3) is 17.2 Å². The van der Waals surface area contributed by atoms with Gasteiger partial charge in [0.1, 0.15) is 12.1 Å². The first kappa shape index (κ1) is 16.7. The third-order valence-corrected chi connectivity index (χ3v) is 5.14. The first-order valence-electron chi connectivity index (χ1n) is 7.94. The van der Waals surface area contributed by atoms with Crippen molar-refractivity contribution in [1.82, 2.24) is 0 Å². The van der Waals surface area contributed by atoms with Crippen molar-refractivity contribution in [3.8, 4) is 0 Å². The van der Waals surface area contributed by atoms with Crippen molar-refractivity contribution in [2.45, 2.75) is 24.7 Å². The molecular weight excluding hydrogens is 319 g/mol. The standard InChI is InChI=1S/C21H19FOS/c1-14-18(4-3-11-23)21-13-16(22)7-10-19(21)20(14)12-15-5-8-17(24-2)9-6-15/h5-13H,3-4H2,1-2H3/b20-12+. The minimum Gasteiger partial charge on any atom is -0.303 e. The Labute approximate surface area is 146 Å². The van der Waals surface area contributed by atoms with Gasteiger partial charge in [-0.2, -0.15) is 0 Å². The van der Waals surface area contributed by atoms with Crippen molar-refractivity contribution >= 4 is 35.3 Å². The third kappa shape index (κ3) is 3.22. The highest BCUT2D eigenvalue weighted by atomic mass is 32.2. The van der Waals surface area contributed by atoms with Gasteiger partial charge in [-0.05, 0) is 83.4 Å².